The number of H-pyrrole nitrogens is 1. The number of rotatable bonds is 11. The number of nitrogens with zero attached hydrogens (tertiary/aromatic N) is 1. The highest BCUT2D eigenvalue weighted by atomic mass is 16.5. The average molecular weight is 430 g/mol. The number of aliphatic carboxylic acids is 1. The first kappa shape index (κ1) is 21.4. The minimum atomic E-state index is -0.820. The van der Waals surface area contributed by atoms with Gasteiger partial charge in [0.15, 0.2) is 0 Å². The van der Waals surface area contributed by atoms with Crippen molar-refractivity contribution < 1.29 is 14.6 Å². The Morgan fingerprint density at radius 3 is 2.69 bits per heavy atom. The van der Waals surface area contributed by atoms with E-state index in [9.17, 15) is 9.90 Å². The van der Waals surface area contributed by atoms with Gasteiger partial charge in [-0.05, 0) is 54.3 Å². The van der Waals surface area contributed by atoms with Crippen molar-refractivity contribution in [3.8, 4) is 5.75 Å². The first-order valence-electron chi connectivity index (χ1n) is 10.9. The van der Waals surface area contributed by atoms with Gasteiger partial charge in [0.05, 0.1) is 13.0 Å². The van der Waals surface area contributed by atoms with Crippen molar-refractivity contribution in [1.29, 1.82) is 0 Å². The van der Waals surface area contributed by atoms with Gasteiger partial charge in [0.2, 0.25) is 0 Å². The summed E-state index contributed by atoms with van der Waals surface area (Å²) < 4.78 is 5.98. The molecule has 1 atom stereocenters. The third-order valence-electron chi connectivity index (χ3n) is 5.45. The minimum Gasteiger partial charge on any atom is -0.494 e. The number of fused-ring (bicyclic) bond motifs is 1. The van der Waals surface area contributed by atoms with Crippen LogP contribution in [0.2, 0.25) is 0 Å². The second kappa shape index (κ2) is 10.5. The number of benzene rings is 2. The Bertz CT molecular complexity index is 1140. The number of carboxylic acids is 1. The Labute approximate surface area is 187 Å². The zero-order chi connectivity index (χ0) is 22.2. The Morgan fingerprint density at radius 1 is 1.06 bits per heavy atom. The van der Waals surface area contributed by atoms with Gasteiger partial charge in [-0.15, -0.1) is 0 Å². The summed E-state index contributed by atoms with van der Waals surface area (Å²) in [5.74, 6) is 0.627. The Morgan fingerprint density at radius 2 is 1.91 bits per heavy atom. The first-order valence-corrected chi connectivity index (χ1v) is 10.9. The van der Waals surface area contributed by atoms with Crippen LogP contribution < -0.4 is 10.1 Å². The van der Waals surface area contributed by atoms with Gasteiger partial charge in [-0.25, -0.2) is 4.98 Å². The van der Waals surface area contributed by atoms with Crippen LogP contribution in [0.5, 0.6) is 5.75 Å². The number of hydrogen-bond acceptors (Lipinski definition) is 4. The number of hydrogen-bond donors (Lipinski definition) is 3. The third-order valence-corrected chi connectivity index (χ3v) is 5.45. The van der Waals surface area contributed by atoms with Crippen molar-refractivity contribution in [3.05, 3.63) is 90.3 Å². The van der Waals surface area contributed by atoms with E-state index >= 15 is 0 Å². The molecular formula is C26H27N3O3. The third kappa shape index (κ3) is 5.46. The standard InChI is InChI=1S/C26H27N3O3/c30-26(31)17-21(19-8-2-1-3-9-19)23-18-29-24-12-11-20(16-22(23)24)32-15-7-6-14-28-25-10-4-5-13-27-25/h1-5,8-13,16,18,21,29H,6-7,14-15,17H2,(H,27,28)(H,30,31). The summed E-state index contributed by atoms with van der Waals surface area (Å²) in [6, 6.07) is 21.5. The molecule has 0 bridgehead atoms. The molecule has 0 saturated heterocycles. The minimum absolute atomic E-state index is 0.0331. The maximum atomic E-state index is 11.6. The lowest BCUT2D eigenvalue weighted by Crippen LogP contribution is -2.07. The van der Waals surface area contributed by atoms with E-state index in [-0.39, 0.29) is 12.3 Å². The predicted molar refractivity (Wildman–Crippen MR) is 126 cm³/mol. The SMILES string of the molecule is O=C(O)CC(c1ccccc1)c1c[nH]c2ccc(OCCCCNc3ccccn3)cc12. The van der Waals surface area contributed by atoms with Gasteiger partial charge in [0.25, 0.3) is 0 Å². The average Bonchev–Trinajstić information content (AvgIpc) is 3.24. The Hall–Kier alpha value is -3.80. The lowest BCUT2D eigenvalue weighted by molar-refractivity contribution is -0.137. The molecule has 0 aliphatic heterocycles. The molecule has 4 aromatic rings. The molecule has 4 rings (SSSR count). The van der Waals surface area contributed by atoms with E-state index in [0.29, 0.717) is 6.61 Å². The van der Waals surface area contributed by atoms with Crippen molar-refractivity contribution in [2.24, 2.45) is 0 Å². The van der Waals surface area contributed by atoms with E-state index in [0.717, 1.165) is 53.0 Å². The molecule has 0 amide bonds. The van der Waals surface area contributed by atoms with E-state index in [1.165, 1.54) is 0 Å². The van der Waals surface area contributed by atoms with E-state index < -0.39 is 5.97 Å². The summed E-state index contributed by atoms with van der Waals surface area (Å²) >= 11 is 0. The zero-order valence-corrected chi connectivity index (χ0v) is 17.8. The number of pyridine rings is 1. The lowest BCUT2D eigenvalue weighted by Gasteiger charge is -2.15. The molecule has 0 saturated carbocycles. The van der Waals surface area contributed by atoms with Crippen LogP contribution in [0.3, 0.4) is 0 Å². The van der Waals surface area contributed by atoms with Gasteiger partial charge in [0.1, 0.15) is 11.6 Å². The summed E-state index contributed by atoms with van der Waals surface area (Å²) in [6.45, 7) is 1.46. The maximum absolute atomic E-state index is 11.6. The maximum Gasteiger partial charge on any atom is 0.304 e. The summed E-state index contributed by atoms with van der Waals surface area (Å²) in [5, 5.41) is 13.8. The highest BCUT2D eigenvalue weighted by molar-refractivity contribution is 5.86. The van der Waals surface area contributed by atoms with E-state index in [1.807, 2.05) is 72.9 Å². The molecule has 1 unspecified atom stereocenters. The molecule has 0 radical (unpaired) electrons. The van der Waals surface area contributed by atoms with Crippen molar-refractivity contribution in [2.75, 3.05) is 18.5 Å². The van der Waals surface area contributed by atoms with Crippen LogP contribution in [0.1, 0.15) is 36.3 Å². The molecule has 0 aliphatic rings. The molecule has 2 heterocycles. The number of unbranched alkanes of at least 4 members (excludes halogenated alkanes) is 1. The number of carbonyl (C=O) groups is 1. The molecule has 0 aliphatic carbocycles. The van der Waals surface area contributed by atoms with Crippen molar-refractivity contribution in [3.63, 3.8) is 0 Å². The van der Waals surface area contributed by atoms with Crippen LogP contribution in [0.25, 0.3) is 10.9 Å². The summed E-state index contributed by atoms with van der Waals surface area (Å²) in [7, 11) is 0. The second-order valence-electron chi connectivity index (χ2n) is 7.71. The topological polar surface area (TPSA) is 87.2 Å². The first-order chi connectivity index (χ1) is 15.7. The number of aromatic amines is 1. The predicted octanol–water partition coefficient (Wildman–Crippen LogP) is 5.44. The van der Waals surface area contributed by atoms with Crippen molar-refractivity contribution in [2.45, 2.75) is 25.2 Å². The number of ether oxygens (including phenoxy) is 1. The molecule has 3 N–H and O–H groups in total. The van der Waals surface area contributed by atoms with E-state index in [4.69, 9.17) is 4.74 Å². The summed E-state index contributed by atoms with van der Waals surface area (Å²) in [5.41, 5.74) is 2.93. The highest BCUT2D eigenvalue weighted by Gasteiger charge is 2.21. The monoisotopic (exact) mass is 429 g/mol. The van der Waals surface area contributed by atoms with Crippen LogP contribution in [0.4, 0.5) is 5.82 Å². The number of aromatic nitrogens is 2. The Kier molecular flexibility index (Phi) is 7.02. The van der Waals surface area contributed by atoms with Gasteiger partial charge < -0.3 is 20.1 Å². The van der Waals surface area contributed by atoms with Crippen LogP contribution in [-0.2, 0) is 4.79 Å². The molecular weight excluding hydrogens is 402 g/mol. The van der Waals surface area contributed by atoms with Crippen LogP contribution in [0.15, 0.2) is 79.1 Å². The molecule has 6 nitrogen and oxygen atoms in total. The van der Waals surface area contributed by atoms with Crippen LogP contribution in [0, 0.1) is 0 Å². The van der Waals surface area contributed by atoms with Crippen molar-refractivity contribution in [1.82, 2.24) is 9.97 Å². The largest absolute Gasteiger partial charge is 0.494 e. The normalized spacial score (nSPS) is 11.9. The van der Waals surface area contributed by atoms with Gasteiger partial charge in [-0.2, -0.15) is 0 Å². The Balaban J connectivity index is 1.40. The van der Waals surface area contributed by atoms with Gasteiger partial charge in [0, 0.05) is 35.8 Å². The lowest BCUT2D eigenvalue weighted by atomic mass is 9.88. The van der Waals surface area contributed by atoms with Crippen LogP contribution >= 0.6 is 0 Å². The molecule has 32 heavy (non-hydrogen) atoms. The molecule has 2 aromatic carbocycles. The fraction of sp³-hybridized carbons (Fsp3) is 0.231. The number of anilines is 1. The van der Waals surface area contributed by atoms with Gasteiger partial charge >= 0.3 is 5.97 Å². The summed E-state index contributed by atoms with van der Waals surface area (Å²) in [6.07, 6.45) is 5.62. The molecule has 164 valence electrons. The molecule has 0 spiro atoms. The smallest absolute Gasteiger partial charge is 0.304 e. The molecule has 0 fully saturated rings. The van der Waals surface area contributed by atoms with Crippen LogP contribution in [-0.4, -0.2) is 34.2 Å². The molecule has 6 heteroatoms. The molecule has 2 aromatic heterocycles. The number of carboxylic acid groups (broad SMARTS) is 1. The quantitative estimate of drug-likeness (QED) is 0.276. The second-order valence-corrected chi connectivity index (χ2v) is 7.71. The fourth-order valence-electron chi connectivity index (χ4n) is 3.87. The number of nitrogens with one attached hydrogen (secondary N) is 2. The van der Waals surface area contributed by atoms with Crippen molar-refractivity contribution >= 4 is 22.7 Å². The fourth-order valence-corrected chi connectivity index (χ4v) is 3.87. The van der Waals surface area contributed by atoms with E-state index in [1.54, 1.807) is 6.20 Å². The van der Waals surface area contributed by atoms with Gasteiger partial charge in [-0.3, -0.25) is 4.79 Å². The van der Waals surface area contributed by atoms with Gasteiger partial charge in [-0.1, -0.05) is 36.4 Å². The zero-order valence-electron chi connectivity index (χ0n) is 17.8. The van der Waals surface area contributed by atoms with E-state index in [2.05, 4.69) is 15.3 Å². The highest BCUT2D eigenvalue weighted by Crippen LogP contribution is 2.35. The summed E-state index contributed by atoms with van der Waals surface area (Å²) in [4.78, 5) is 19.1.